The highest BCUT2D eigenvalue weighted by atomic mass is 35.5. The van der Waals surface area contributed by atoms with Crippen LogP contribution in [0.25, 0.3) is 0 Å². The molecule has 2 heterocycles. The smallest absolute Gasteiger partial charge is 0.238 e. The molecule has 3 rings (SSSR count). The zero-order chi connectivity index (χ0) is 15.4. The third-order valence-electron chi connectivity index (χ3n) is 3.91. The van der Waals surface area contributed by atoms with E-state index >= 15 is 0 Å². The average Bonchev–Trinajstić information content (AvgIpc) is 2.95. The summed E-state index contributed by atoms with van der Waals surface area (Å²) in [7, 11) is 1.99. The molecule has 1 aliphatic heterocycles. The first-order valence-corrected chi connectivity index (χ1v) is 7.51. The number of amides is 1. The molecule has 23 heavy (non-hydrogen) atoms. The number of hydrogen-bond acceptors (Lipinski definition) is 4. The Hall–Kier alpha value is -1.89. The van der Waals surface area contributed by atoms with Gasteiger partial charge in [-0.1, -0.05) is 18.2 Å². The van der Waals surface area contributed by atoms with E-state index in [1.54, 1.807) is 6.20 Å². The molecule has 6 nitrogen and oxygen atoms in total. The van der Waals surface area contributed by atoms with Gasteiger partial charge < -0.3 is 15.2 Å². The molecule has 1 aliphatic rings. The zero-order valence-electron chi connectivity index (χ0n) is 13.1. The first kappa shape index (κ1) is 17.5. The van der Waals surface area contributed by atoms with Crippen LogP contribution in [0.4, 0.5) is 5.69 Å². The van der Waals surface area contributed by atoms with Gasteiger partial charge in [0, 0.05) is 44.8 Å². The van der Waals surface area contributed by atoms with Gasteiger partial charge in [-0.05, 0) is 12.1 Å². The summed E-state index contributed by atoms with van der Waals surface area (Å²) < 4.78 is 2.01. The van der Waals surface area contributed by atoms with Crippen LogP contribution in [0, 0.1) is 0 Å². The number of aryl methyl sites for hydroxylation is 1. The average molecular weight is 336 g/mol. The molecule has 7 heteroatoms. The van der Waals surface area contributed by atoms with Gasteiger partial charge in [-0.3, -0.25) is 9.69 Å². The second kappa shape index (κ2) is 8.10. The fourth-order valence-electron chi connectivity index (χ4n) is 2.79. The van der Waals surface area contributed by atoms with Gasteiger partial charge >= 0.3 is 0 Å². The second-order valence-electron chi connectivity index (χ2n) is 5.50. The van der Waals surface area contributed by atoms with Crippen LogP contribution in [0.5, 0.6) is 0 Å². The number of nitrogens with zero attached hydrogens (tertiary/aromatic N) is 3. The van der Waals surface area contributed by atoms with Gasteiger partial charge in [0.2, 0.25) is 5.91 Å². The lowest BCUT2D eigenvalue weighted by molar-refractivity contribution is -0.118. The van der Waals surface area contributed by atoms with Gasteiger partial charge in [0.25, 0.3) is 0 Å². The second-order valence-corrected chi connectivity index (χ2v) is 5.50. The minimum atomic E-state index is 0. The molecule has 0 spiro atoms. The van der Waals surface area contributed by atoms with E-state index in [1.807, 2.05) is 48.1 Å². The van der Waals surface area contributed by atoms with E-state index in [2.05, 4.69) is 20.5 Å². The molecule has 1 unspecified atom stereocenters. The predicted octanol–water partition coefficient (Wildman–Crippen LogP) is 1.43. The van der Waals surface area contributed by atoms with Crippen molar-refractivity contribution in [2.24, 2.45) is 7.05 Å². The Labute approximate surface area is 142 Å². The van der Waals surface area contributed by atoms with E-state index in [0.29, 0.717) is 6.54 Å². The van der Waals surface area contributed by atoms with Crippen molar-refractivity contribution < 1.29 is 4.79 Å². The Morgan fingerprint density at radius 1 is 1.39 bits per heavy atom. The van der Waals surface area contributed by atoms with Crippen LogP contribution >= 0.6 is 12.4 Å². The molecule has 0 radical (unpaired) electrons. The Morgan fingerprint density at radius 3 is 2.87 bits per heavy atom. The third-order valence-corrected chi connectivity index (χ3v) is 3.91. The Balaban J connectivity index is 0.00000192. The largest absolute Gasteiger partial charge is 0.337 e. The minimum absolute atomic E-state index is 0. The van der Waals surface area contributed by atoms with Crippen molar-refractivity contribution in [3.05, 3.63) is 48.5 Å². The number of benzene rings is 1. The van der Waals surface area contributed by atoms with Crippen molar-refractivity contribution in [2.75, 3.05) is 31.5 Å². The maximum atomic E-state index is 12.3. The number of rotatable bonds is 4. The number of nitrogens with one attached hydrogen (secondary N) is 2. The van der Waals surface area contributed by atoms with Crippen molar-refractivity contribution >= 4 is 24.0 Å². The molecule has 124 valence electrons. The summed E-state index contributed by atoms with van der Waals surface area (Å²) in [6, 6.07) is 9.67. The summed E-state index contributed by atoms with van der Waals surface area (Å²) in [6.07, 6.45) is 3.73. The molecule has 0 aliphatic carbocycles. The summed E-state index contributed by atoms with van der Waals surface area (Å²) >= 11 is 0. The standard InChI is InChI=1S/C16H21N5O.ClH/c1-20-9-8-18-16(20)14-11-17-7-10-21(14)12-15(22)19-13-5-3-2-4-6-13;/h2-6,8-9,14,17H,7,10-12H2,1H3,(H,19,22);1H. The van der Waals surface area contributed by atoms with E-state index in [1.165, 1.54) is 0 Å². The maximum absolute atomic E-state index is 12.3. The van der Waals surface area contributed by atoms with Crippen molar-refractivity contribution in [2.45, 2.75) is 6.04 Å². The lowest BCUT2D eigenvalue weighted by atomic mass is 10.1. The third kappa shape index (κ3) is 4.31. The van der Waals surface area contributed by atoms with Crippen LogP contribution in [0.1, 0.15) is 11.9 Å². The minimum Gasteiger partial charge on any atom is -0.337 e. The summed E-state index contributed by atoms with van der Waals surface area (Å²) in [5, 5.41) is 6.32. The van der Waals surface area contributed by atoms with E-state index in [9.17, 15) is 4.79 Å². The highest BCUT2D eigenvalue weighted by molar-refractivity contribution is 5.92. The molecule has 1 atom stereocenters. The monoisotopic (exact) mass is 335 g/mol. The molecule has 0 bridgehead atoms. The number of para-hydroxylation sites is 1. The Kier molecular flexibility index (Phi) is 6.15. The van der Waals surface area contributed by atoms with Crippen LogP contribution in [0.3, 0.4) is 0 Å². The number of carbonyl (C=O) groups is 1. The first-order valence-electron chi connectivity index (χ1n) is 7.51. The van der Waals surface area contributed by atoms with E-state index < -0.39 is 0 Å². The SMILES string of the molecule is Cl.Cn1ccnc1C1CNCCN1CC(=O)Nc1ccccc1. The highest BCUT2D eigenvalue weighted by Gasteiger charge is 2.28. The van der Waals surface area contributed by atoms with Crippen molar-refractivity contribution in [3.8, 4) is 0 Å². The van der Waals surface area contributed by atoms with Crippen molar-refractivity contribution in [1.82, 2.24) is 19.8 Å². The van der Waals surface area contributed by atoms with Crippen molar-refractivity contribution in [3.63, 3.8) is 0 Å². The zero-order valence-corrected chi connectivity index (χ0v) is 13.9. The lowest BCUT2D eigenvalue weighted by Gasteiger charge is -2.35. The Morgan fingerprint density at radius 2 is 2.17 bits per heavy atom. The van der Waals surface area contributed by atoms with Crippen LogP contribution < -0.4 is 10.6 Å². The molecule has 1 aromatic carbocycles. The summed E-state index contributed by atoms with van der Waals surface area (Å²) in [5.74, 6) is 0.993. The van der Waals surface area contributed by atoms with Crippen LogP contribution in [-0.4, -0.2) is 46.5 Å². The topological polar surface area (TPSA) is 62.2 Å². The number of hydrogen-bond donors (Lipinski definition) is 2. The summed E-state index contributed by atoms with van der Waals surface area (Å²) in [6.45, 7) is 2.90. The highest BCUT2D eigenvalue weighted by Crippen LogP contribution is 2.20. The first-order chi connectivity index (χ1) is 10.7. The van der Waals surface area contributed by atoms with Crippen LogP contribution in [-0.2, 0) is 11.8 Å². The summed E-state index contributed by atoms with van der Waals surface area (Å²) in [5.41, 5.74) is 0.830. The van der Waals surface area contributed by atoms with E-state index in [4.69, 9.17) is 0 Å². The van der Waals surface area contributed by atoms with E-state index in [0.717, 1.165) is 31.1 Å². The van der Waals surface area contributed by atoms with Gasteiger partial charge in [0.1, 0.15) is 5.82 Å². The maximum Gasteiger partial charge on any atom is 0.238 e. The van der Waals surface area contributed by atoms with Crippen LogP contribution in [0.15, 0.2) is 42.7 Å². The molecule has 1 amide bonds. The molecule has 1 fully saturated rings. The number of piperazine rings is 1. The number of carbonyl (C=O) groups excluding carboxylic acids is 1. The van der Waals surface area contributed by atoms with Gasteiger partial charge in [0.05, 0.1) is 12.6 Å². The molecule has 0 saturated carbocycles. The molecule has 2 aromatic rings. The fourth-order valence-corrected chi connectivity index (χ4v) is 2.79. The summed E-state index contributed by atoms with van der Waals surface area (Å²) in [4.78, 5) is 18.9. The number of anilines is 1. The van der Waals surface area contributed by atoms with Gasteiger partial charge in [0.15, 0.2) is 0 Å². The molecule has 1 aromatic heterocycles. The quantitative estimate of drug-likeness (QED) is 0.887. The lowest BCUT2D eigenvalue weighted by Crippen LogP contribution is -2.49. The van der Waals surface area contributed by atoms with Crippen molar-refractivity contribution in [1.29, 1.82) is 0 Å². The fraction of sp³-hybridized carbons (Fsp3) is 0.375. The predicted molar refractivity (Wildman–Crippen MR) is 92.7 cm³/mol. The number of imidazole rings is 1. The molecule has 2 N–H and O–H groups in total. The van der Waals surface area contributed by atoms with E-state index in [-0.39, 0.29) is 24.4 Å². The van der Waals surface area contributed by atoms with Crippen LogP contribution in [0.2, 0.25) is 0 Å². The molecular formula is C16H22ClN5O. The van der Waals surface area contributed by atoms with Gasteiger partial charge in [-0.15, -0.1) is 12.4 Å². The Bertz CT molecular complexity index is 630. The molecular weight excluding hydrogens is 314 g/mol. The molecule has 1 saturated heterocycles. The number of aromatic nitrogens is 2. The number of halogens is 1. The normalized spacial score (nSPS) is 18.2. The van der Waals surface area contributed by atoms with Gasteiger partial charge in [-0.2, -0.15) is 0 Å². The van der Waals surface area contributed by atoms with Gasteiger partial charge in [-0.25, -0.2) is 4.98 Å².